The molecule has 5 unspecified atom stereocenters. The van der Waals surface area contributed by atoms with E-state index in [0.717, 1.165) is 42.0 Å². The van der Waals surface area contributed by atoms with E-state index in [1.54, 1.807) is 28.4 Å². The van der Waals surface area contributed by atoms with Gasteiger partial charge in [0.15, 0.2) is 18.4 Å². The highest BCUT2D eigenvalue weighted by atomic mass is 16.7. The second-order valence-electron chi connectivity index (χ2n) is 19.4. The lowest BCUT2D eigenvalue weighted by Gasteiger charge is -2.44. The van der Waals surface area contributed by atoms with Gasteiger partial charge in [-0.1, -0.05) is 31.2 Å². The molecule has 1 aromatic heterocycles. The number of carbonyl (C=O) groups is 2. The number of carbonyl (C=O) groups excluding carboxylic acids is 2. The monoisotopic (exact) mass is 905 g/mol. The topological polar surface area (TPSA) is 151 Å². The number of benzene rings is 1. The minimum atomic E-state index is -0.699. The van der Waals surface area contributed by atoms with E-state index in [0.29, 0.717) is 43.7 Å². The quantitative estimate of drug-likeness (QED) is 0.207. The van der Waals surface area contributed by atoms with Gasteiger partial charge in [0.2, 0.25) is 0 Å². The van der Waals surface area contributed by atoms with Crippen LogP contribution in [-0.4, -0.2) is 142 Å². The molecule has 15 heteroatoms. The Kier molecular flexibility index (Phi) is 15.3. The number of cyclic esters (lactones) is 1. The van der Waals surface area contributed by atoms with Crippen molar-refractivity contribution in [3.05, 3.63) is 48.2 Å². The average Bonchev–Trinajstić information content (AvgIpc) is 4.05. The second kappa shape index (κ2) is 20.8. The summed E-state index contributed by atoms with van der Waals surface area (Å²) in [6.45, 7) is 8.13. The molecule has 358 valence electrons. The first kappa shape index (κ1) is 47.9. The molecule has 3 aliphatic heterocycles. The molecule has 17 atom stereocenters. The highest BCUT2D eigenvalue weighted by Crippen LogP contribution is 2.57. The minimum Gasteiger partial charge on any atom is -0.497 e. The van der Waals surface area contributed by atoms with Crippen molar-refractivity contribution in [1.82, 2.24) is 19.9 Å². The van der Waals surface area contributed by atoms with Crippen LogP contribution in [0.2, 0.25) is 0 Å². The molecule has 3 aliphatic carbocycles. The number of aromatic nitrogens is 3. The number of allylic oxidation sites excluding steroid dienone is 4. The standard InChI is InChI=1S/C50H72N4O11/c1-11-31-13-12-14-43(65-45-20-19-41(53(5)6)28(3)61-45)27(2)46(56)39-23-35-34-21-33(64-50-49(60-10)48(59-9)47(58-8)29(4)62-50)22-38(34)42(24-36(35)37(39)25-44(55)63-31)54-26-40(51-52-54)30-15-17-32(57-7)18-16-30/h15-18,23-24,26-29,31,33-38,41,43,45,47-50H,11-14,19-22,25H2,1-10H3/t27-,28?,29?,31+,33+,34+,35+,36?,37+,38-,41+,43+,45+,47+,48?,49?,50+/m1/s1. The largest absolute Gasteiger partial charge is 0.497 e. The summed E-state index contributed by atoms with van der Waals surface area (Å²) in [7, 11) is 10.8. The molecule has 0 radical (unpaired) electrons. The third-order valence-corrected chi connectivity index (χ3v) is 15.5. The highest BCUT2D eigenvalue weighted by molar-refractivity contribution is 5.99. The Balaban J connectivity index is 1.13. The van der Waals surface area contributed by atoms with Gasteiger partial charge in [0.25, 0.3) is 0 Å². The normalized spacial score (nSPS) is 39.0. The molecule has 2 aromatic rings. The van der Waals surface area contributed by atoms with Gasteiger partial charge in [-0.2, -0.15) is 0 Å². The first-order valence-electron chi connectivity index (χ1n) is 24.0. The van der Waals surface area contributed by atoms with Gasteiger partial charge in [-0.3, -0.25) is 9.59 Å². The molecule has 15 nitrogen and oxygen atoms in total. The second-order valence-corrected chi connectivity index (χ2v) is 19.4. The van der Waals surface area contributed by atoms with E-state index in [1.807, 2.05) is 49.0 Å². The van der Waals surface area contributed by atoms with Crippen LogP contribution in [0.3, 0.4) is 0 Å². The molecule has 1 aromatic carbocycles. The SMILES string of the molecule is CC[C@H]1CCC[C@H](O[C@H]2CC[C@H](N(C)C)C(C)O2)[C@@H](C)C(=O)C2=C[C@@H]3C(C=C(n4cc(-c5ccc(OC)cc5)nn4)[C@@H]4C[C@@H](O[C@@H]5OC(C)[C@H](OC)C(OC)C5OC)C[C@@H]34)[C@@H]2CC(=O)O1. The van der Waals surface area contributed by atoms with E-state index in [2.05, 4.69) is 50.1 Å². The number of fused-ring (bicyclic) bond motifs is 5. The fourth-order valence-corrected chi connectivity index (χ4v) is 12.0. The van der Waals surface area contributed by atoms with Crippen molar-refractivity contribution in [3.8, 4) is 17.0 Å². The number of rotatable bonds is 12. The van der Waals surface area contributed by atoms with Crippen LogP contribution in [0.4, 0.5) is 0 Å². The van der Waals surface area contributed by atoms with Crippen molar-refractivity contribution in [2.75, 3.05) is 42.5 Å². The Hall–Kier alpha value is -3.54. The molecule has 0 N–H and O–H groups in total. The number of nitrogens with zero attached hydrogens (tertiary/aromatic N) is 4. The van der Waals surface area contributed by atoms with Gasteiger partial charge >= 0.3 is 5.97 Å². The number of hydrogen-bond acceptors (Lipinski definition) is 14. The number of methoxy groups -OCH3 is 4. The molecular weight excluding hydrogens is 833 g/mol. The smallest absolute Gasteiger partial charge is 0.306 e. The van der Waals surface area contributed by atoms with Crippen LogP contribution >= 0.6 is 0 Å². The zero-order chi connectivity index (χ0) is 46.1. The van der Waals surface area contributed by atoms with Crippen LogP contribution < -0.4 is 4.74 Å². The lowest BCUT2D eigenvalue weighted by atomic mass is 9.69. The fraction of sp³-hybridized carbons (Fsp3) is 0.720. The first-order chi connectivity index (χ1) is 31.3. The molecule has 4 fully saturated rings. The number of ether oxygens (including phenoxy) is 9. The Labute approximate surface area is 384 Å². The Morgan fingerprint density at radius 3 is 2.25 bits per heavy atom. The van der Waals surface area contributed by atoms with E-state index in [1.165, 1.54) is 0 Å². The minimum absolute atomic E-state index is 0.00232. The molecule has 0 bridgehead atoms. The third-order valence-electron chi connectivity index (χ3n) is 15.5. The summed E-state index contributed by atoms with van der Waals surface area (Å²) < 4.78 is 57.9. The summed E-state index contributed by atoms with van der Waals surface area (Å²) in [5.74, 6) is -0.522. The molecule has 8 rings (SSSR count). The van der Waals surface area contributed by atoms with Crippen LogP contribution in [0.5, 0.6) is 5.75 Å². The number of likely N-dealkylation sites (N-methyl/N-ethyl adjacent to an activating group) is 1. The molecule has 3 saturated heterocycles. The summed E-state index contributed by atoms with van der Waals surface area (Å²) >= 11 is 0. The maximum absolute atomic E-state index is 15.2. The number of ketones is 1. The molecule has 0 amide bonds. The molecule has 4 heterocycles. The van der Waals surface area contributed by atoms with Gasteiger partial charge in [-0.05, 0) is 127 Å². The van der Waals surface area contributed by atoms with Crippen molar-refractivity contribution in [3.63, 3.8) is 0 Å². The van der Waals surface area contributed by atoms with E-state index < -0.39 is 36.6 Å². The highest BCUT2D eigenvalue weighted by Gasteiger charge is 2.55. The predicted molar refractivity (Wildman–Crippen MR) is 241 cm³/mol. The van der Waals surface area contributed by atoms with Crippen molar-refractivity contribution in [2.24, 2.45) is 35.5 Å². The van der Waals surface area contributed by atoms with Gasteiger partial charge in [0, 0.05) is 56.4 Å². The van der Waals surface area contributed by atoms with Gasteiger partial charge in [-0.15, -0.1) is 5.10 Å². The predicted octanol–water partition coefficient (Wildman–Crippen LogP) is 6.74. The summed E-state index contributed by atoms with van der Waals surface area (Å²) in [5, 5.41) is 9.37. The lowest BCUT2D eigenvalue weighted by Crippen LogP contribution is -2.59. The Morgan fingerprint density at radius 1 is 0.815 bits per heavy atom. The fourth-order valence-electron chi connectivity index (χ4n) is 12.0. The molecule has 1 saturated carbocycles. The first-order valence-corrected chi connectivity index (χ1v) is 24.0. The van der Waals surface area contributed by atoms with E-state index in [-0.39, 0.29) is 78.5 Å². The Morgan fingerprint density at radius 2 is 1.57 bits per heavy atom. The molecule has 6 aliphatic rings. The molecule has 65 heavy (non-hydrogen) atoms. The number of Topliss-reactive ketones (excluding diaryl/α,β-unsaturated/α-hetero) is 1. The van der Waals surface area contributed by atoms with Crippen LogP contribution in [0.1, 0.15) is 85.5 Å². The summed E-state index contributed by atoms with van der Waals surface area (Å²) in [6.07, 6.45) is 8.98. The van der Waals surface area contributed by atoms with Crippen LogP contribution in [0.25, 0.3) is 17.0 Å². The number of esters is 1. The summed E-state index contributed by atoms with van der Waals surface area (Å²) in [5.41, 5.74) is 3.30. The van der Waals surface area contributed by atoms with Crippen molar-refractivity contribution >= 4 is 17.4 Å². The van der Waals surface area contributed by atoms with Crippen molar-refractivity contribution in [2.45, 2.75) is 153 Å². The maximum atomic E-state index is 15.2. The van der Waals surface area contributed by atoms with Crippen LogP contribution in [0, 0.1) is 35.5 Å². The maximum Gasteiger partial charge on any atom is 0.306 e. The van der Waals surface area contributed by atoms with Crippen LogP contribution in [-0.2, 0) is 47.5 Å². The third kappa shape index (κ3) is 9.90. The lowest BCUT2D eigenvalue weighted by molar-refractivity contribution is -0.314. The molecular formula is C50H72N4O11. The van der Waals surface area contributed by atoms with Crippen molar-refractivity contribution < 1.29 is 52.2 Å². The van der Waals surface area contributed by atoms with Gasteiger partial charge < -0.3 is 47.5 Å². The summed E-state index contributed by atoms with van der Waals surface area (Å²) in [4.78, 5) is 31.4. The van der Waals surface area contributed by atoms with E-state index in [9.17, 15) is 4.79 Å². The van der Waals surface area contributed by atoms with Gasteiger partial charge in [0.05, 0.1) is 44.1 Å². The van der Waals surface area contributed by atoms with Gasteiger partial charge in [0.1, 0.15) is 35.9 Å². The Bertz CT molecular complexity index is 2010. The van der Waals surface area contributed by atoms with Crippen molar-refractivity contribution in [1.29, 1.82) is 0 Å². The number of hydrogen-bond donors (Lipinski definition) is 0. The zero-order valence-electron chi connectivity index (χ0n) is 40.0. The van der Waals surface area contributed by atoms with Gasteiger partial charge in [-0.25, -0.2) is 4.68 Å². The van der Waals surface area contributed by atoms with E-state index >= 15 is 4.79 Å². The zero-order valence-corrected chi connectivity index (χ0v) is 40.0. The average molecular weight is 905 g/mol. The summed E-state index contributed by atoms with van der Waals surface area (Å²) in [6, 6.07) is 8.06. The van der Waals surface area contributed by atoms with E-state index in [4.69, 9.17) is 47.8 Å². The molecule has 0 spiro atoms. The van der Waals surface area contributed by atoms with Crippen LogP contribution in [0.15, 0.2) is 48.2 Å².